The number of carbonyl (C=O) groups excluding carboxylic acids is 1. The Balaban J connectivity index is 1.67. The van der Waals surface area contributed by atoms with Crippen LogP contribution < -0.4 is 5.32 Å². The predicted molar refractivity (Wildman–Crippen MR) is 98.4 cm³/mol. The molecule has 0 radical (unpaired) electrons. The van der Waals surface area contributed by atoms with Crippen LogP contribution in [0.3, 0.4) is 0 Å². The molecule has 2 heterocycles. The third kappa shape index (κ3) is 4.30. The van der Waals surface area contributed by atoms with Gasteiger partial charge in [-0.05, 0) is 12.5 Å². The zero-order valence-corrected chi connectivity index (χ0v) is 15.2. The third-order valence-corrected chi connectivity index (χ3v) is 4.83. The van der Waals surface area contributed by atoms with E-state index in [-0.39, 0.29) is 31.1 Å². The molecule has 0 bridgehead atoms. The summed E-state index contributed by atoms with van der Waals surface area (Å²) in [6, 6.07) is 8.26. The molecule has 7 nitrogen and oxygen atoms in total. The SMILES string of the molecule is COCC(=O)N[C@@H]1CN(Cc2cn[nH]c2-c2ccc(C)cc2)C[C@H]1CO. The molecular weight excluding hydrogens is 332 g/mol. The van der Waals surface area contributed by atoms with Gasteiger partial charge in [-0.25, -0.2) is 0 Å². The van der Waals surface area contributed by atoms with Crippen LogP contribution in [0.1, 0.15) is 11.1 Å². The van der Waals surface area contributed by atoms with Crippen LogP contribution in [-0.2, 0) is 16.1 Å². The molecule has 2 atom stereocenters. The number of hydrogen-bond acceptors (Lipinski definition) is 5. The standard InChI is InChI=1S/C19H26N4O3/c1-13-3-5-14(6-4-13)19-15(7-20-22-19)8-23-9-16(11-24)17(10-23)21-18(25)12-26-2/h3-7,16-17,24H,8-12H2,1-2H3,(H,20,22)(H,21,25)/t16-,17+/m0/s1. The number of aliphatic hydroxyl groups excluding tert-OH is 1. The lowest BCUT2D eigenvalue weighted by Crippen LogP contribution is -2.43. The lowest BCUT2D eigenvalue weighted by Gasteiger charge is -2.18. The maximum absolute atomic E-state index is 11.8. The maximum Gasteiger partial charge on any atom is 0.246 e. The summed E-state index contributed by atoms with van der Waals surface area (Å²) in [6.07, 6.45) is 1.85. The van der Waals surface area contributed by atoms with Crippen molar-refractivity contribution in [3.8, 4) is 11.3 Å². The lowest BCUT2D eigenvalue weighted by atomic mass is 10.1. The second-order valence-corrected chi connectivity index (χ2v) is 6.88. The molecule has 1 aromatic heterocycles. The number of ether oxygens (including phenoxy) is 1. The quantitative estimate of drug-likeness (QED) is 0.685. The number of likely N-dealkylation sites (tertiary alicyclic amines) is 1. The van der Waals surface area contributed by atoms with Gasteiger partial charge in [0, 0.05) is 50.9 Å². The summed E-state index contributed by atoms with van der Waals surface area (Å²) < 4.78 is 4.87. The Morgan fingerprint density at radius 3 is 2.85 bits per heavy atom. The normalized spacial score (nSPS) is 20.4. The van der Waals surface area contributed by atoms with Crippen molar-refractivity contribution < 1.29 is 14.6 Å². The van der Waals surface area contributed by atoms with Crippen LogP contribution in [0.2, 0.25) is 0 Å². The van der Waals surface area contributed by atoms with Crippen molar-refractivity contribution in [1.82, 2.24) is 20.4 Å². The summed E-state index contributed by atoms with van der Waals surface area (Å²) >= 11 is 0. The number of carbonyl (C=O) groups is 1. The molecule has 26 heavy (non-hydrogen) atoms. The molecule has 1 fully saturated rings. The number of benzene rings is 1. The average Bonchev–Trinajstić information content (AvgIpc) is 3.23. The molecule has 0 aliphatic carbocycles. The summed E-state index contributed by atoms with van der Waals surface area (Å²) in [6.45, 7) is 4.28. The molecule has 1 amide bonds. The van der Waals surface area contributed by atoms with Gasteiger partial charge >= 0.3 is 0 Å². The fourth-order valence-corrected chi connectivity index (χ4v) is 3.46. The fourth-order valence-electron chi connectivity index (χ4n) is 3.46. The molecule has 3 rings (SSSR count). The maximum atomic E-state index is 11.8. The first-order chi connectivity index (χ1) is 12.6. The summed E-state index contributed by atoms with van der Waals surface area (Å²) in [5.41, 5.74) is 4.44. The fraction of sp³-hybridized carbons (Fsp3) is 0.474. The van der Waals surface area contributed by atoms with Gasteiger partial charge in [0.15, 0.2) is 0 Å². The smallest absolute Gasteiger partial charge is 0.246 e. The van der Waals surface area contributed by atoms with Crippen LogP contribution in [0.15, 0.2) is 30.5 Å². The van der Waals surface area contributed by atoms with E-state index in [1.807, 2.05) is 6.20 Å². The first-order valence-electron chi connectivity index (χ1n) is 8.81. The molecule has 1 aliphatic heterocycles. The average molecular weight is 358 g/mol. The topological polar surface area (TPSA) is 90.5 Å². The number of aryl methyl sites for hydroxylation is 1. The van der Waals surface area contributed by atoms with Gasteiger partial charge in [0.1, 0.15) is 6.61 Å². The van der Waals surface area contributed by atoms with E-state index in [0.717, 1.165) is 23.4 Å². The highest BCUT2D eigenvalue weighted by atomic mass is 16.5. The molecule has 0 unspecified atom stereocenters. The summed E-state index contributed by atoms with van der Waals surface area (Å²) in [7, 11) is 1.50. The lowest BCUT2D eigenvalue weighted by molar-refractivity contribution is -0.125. The van der Waals surface area contributed by atoms with Gasteiger partial charge in [0.2, 0.25) is 5.91 Å². The molecule has 2 aromatic rings. The summed E-state index contributed by atoms with van der Waals surface area (Å²) in [5, 5.41) is 19.9. The van der Waals surface area contributed by atoms with E-state index in [4.69, 9.17) is 4.74 Å². The molecular formula is C19H26N4O3. The van der Waals surface area contributed by atoms with Crippen molar-refractivity contribution in [1.29, 1.82) is 0 Å². The van der Waals surface area contributed by atoms with Crippen molar-refractivity contribution in [2.24, 2.45) is 5.92 Å². The number of aromatic nitrogens is 2. The number of methoxy groups -OCH3 is 1. The Morgan fingerprint density at radius 2 is 2.15 bits per heavy atom. The van der Waals surface area contributed by atoms with E-state index in [1.165, 1.54) is 12.7 Å². The van der Waals surface area contributed by atoms with E-state index in [0.29, 0.717) is 13.1 Å². The van der Waals surface area contributed by atoms with Gasteiger partial charge in [-0.3, -0.25) is 14.8 Å². The molecule has 1 aromatic carbocycles. The predicted octanol–water partition coefficient (Wildman–Crippen LogP) is 0.940. The Morgan fingerprint density at radius 1 is 1.38 bits per heavy atom. The molecule has 0 spiro atoms. The van der Waals surface area contributed by atoms with Crippen LogP contribution in [0.4, 0.5) is 0 Å². The van der Waals surface area contributed by atoms with Crippen LogP contribution in [0.25, 0.3) is 11.3 Å². The molecule has 3 N–H and O–H groups in total. The van der Waals surface area contributed by atoms with Crippen LogP contribution >= 0.6 is 0 Å². The van der Waals surface area contributed by atoms with Gasteiger partial charge < -0.3 is 15.2 Å². The number of aliphatic hydroxyl groups is 1. The number of nitrogens with zero attached hydrogens (tertiary/aromatic N) is 2. The van der Waals surface area contributed by atoms with Crippen LogP contribution in [0, 0.1) is 12.8 Å². The minimum atomic E-state index is -0.151. The van der Waals surface area contributed by atoms with Crippen molar-refractivity contribution in [2.75, 3.05) is 33.4 Å². The van der Waals surface area contributed by atoms with Gasteiger partial charge in [-0.1, -0.05) is 29.8 Å². The Hall–Kier alpha value is -2.22. The number of nitrogens with one attached hydrogen (secondary N) is 2. The molecule has 0 saturated carbocycles. The Labute approximate surface area is 153 Å². The number of rotatable bonds is 7. The largest absolute Gasteiger partial charge is 0.396 e. The van der Waals surface area contributed by atoms with E-state index in [2.05, 4.69) is 51.6 Å². The van der Waals surface area contributed by atoms with Gasteiger partial charge in [0.25, 0.3) is 0 Å². The highest BCUT2D eigenvalue weighted by molar-refractivity contribution is 5.77. The van der Waals surface area contributed by atoms with Crippen molar-refractivity contribution in [3.05, 3.63) is 41.6 Å². The molecule has 1 aliphatic rings. The third-order valence-electron chi connectivity index (χ3n) is 4.83. The molecule has 7 heteroatoms. The minimum absolute atomic E-state index is 0.0190. The van der Waals surface area contributed by atoms with Gasteiger partial charge in [0.05, 0.1) is 11.9 Å². The monoisotopic (exact) mass is 358 g/mol. The van der Waals surface area contributed by atoms with Crippen LogP contribution in [0.5, 0.6) is 0 Å². The second-order valence-electron chi connectivity index (χ2n) is 6.88. The Bertz CT molecular complexity index is 729. The highest BCUT2D eigenvalue weighted by Crippen LogP contribution is 2.25. The highest BCUT2D eigenvalue weighted by Gasteiger charge is 2.33. The van der Waals surface area contributed by atoms with E-state index in [1.54, 1.807) is 0 Å². The zero-order valence-electron chi connectivity index (χ0n) is 15.2. The Kier molecular flexibility index (Phi) is 6.03. The minimum Gasteiger partial charge on any atom is -0.396 e. The van der Waals surface area contributed by atoms with Crippen molar-refractivity contribution >= 4 is 5.91 Å². The van der Waals surface area contributed by atoms with E-state index in [9.17, 15) is 9.90 Å². The summed E-state index contributed by atoms with van der Waals surface area (Å²) in [5.74, 6) is -0.132. The first kappa shape index (κ1) is 18.6. The van der Waals surface area contributed by atoms with Gasteiger partial charge in [-0.2, -0.15) is 5.10 Å². The summed E-state index contributed by atoms with van der Waals surface area (Å²) in [4.78, 5) is 14.0. The van der Waals surface area contributed by atoms with E-state index >= 15 is 0 Å². The van der Waals surface area contributed by atoms with Crippen LogP contribution in [-0.4, -0.2) is 65.6 Å². The number of aromatic amines is 1. The van der Waals surface area contributed by atoms with Gasteiger partial charge in [-0.15, -0.1) is 0 Å². The number of amides is 1. The molecule has 1 saturated heterocycles. The number of hydrogen-bond donors (Lipinski definition) is 3. The zero-order chi connectivity index (χ0) is 18.5. The number of H-pyrrole nitrogens is 1. The first-order valence-corrected chi connectivity index (χ1v) is 8.81. The van der Waals surface area contributed by atoms with E-state index < -0.39 is 0 Å². The second kappa shape index (κ2) is 8.44. The molecule has 140 valence electrons. The van der Waals surface area contributed by atoms with Crippen molar-refractivity contribution in [3.63, 3.8) is 0 Å². The van der Waals surface area contributed by atoms with Crippen molar-refractivity contribution in [2.45, 2.75) is 19.5 Å².